The third-order valence-electron chi connectivity index (χ3n) is 3.57. The van der Waals surface area contributed by atoms with Crippen molar-refractivity contribution in [1.29, 1.82) is 0 Å². The van der Waals surface area contributed by atoms with Crippen LogP contribution in [-0.4, -0.2) is 52.9 Å². The van der Waals surface area contributed by atoms with Crippen molar-refractivity contribution in [2.24, 2.45) is 0 Å². The Labute approximate surface area is 141 Å². The number of nitrogens with zero attached hydrogens (tertiary/aromatic N) is 4. The summed E-state index contributed by atoms with van der Waals surface area (Å²) in [5, 5.41) is 8.00. The lowest BCUT2D eigenvalue weighted by molar-refractivity contribution is -0.128. The number of para-hydroxylation sites is 1. The summed E-state index contributed by atoms with van der Waals surface area (Å²) >= 11 is 2.62. The number of hydrogen-bond acceptors (Lipinski definition) is 7. The van der Waals surface area contributed by atoms with Gasteiger partial charge >= 0.3 is 0 Å². The van der Waals surface area contributed by atoms with Gasteiger partial charge in [0.25, 0.3) is 0 Å². The fourth-order valence-electron chi connectivity index (χ4n) is 2.40. The van der Waals surface area contributed by atoms with Gasteiger partial charge in [-0.15, -0.1) is 10.2 Å². The minimum atomic E-state index is -0.225. The van der Waals surface area contributed by atoms with Gasteiger partial charge in [-0.1, -0.05) is 35.2 Å². The van der Waals surface area contributed by atoms with Crippen LogP contribution in [-0.2, 0) is 4.79 Å². The molecule has 2 heterocycles. The number of halogens is 1. The number of piperazine rings is 1. The molecule has 0 aliphatic carbocycles. The number of nitrogens with two attached hydrogens (primary N) is 1. The molecule has 1 aromatic heterocycles. The third-order valence-corrected chi connectivity index (χ3v) is 5.44. The Morgan fingerprint density at radius 3 is 2.65 bits per heavy atom. The van der Waals surface area contributed by atoms with Crippen LogP contribution in [0.1, 0.15) is 0 Å². The molecule has 6 nitrogen and oxygen atoms in total. The predicted molar refractivity (Wildman–Crippen MR) is 90.2 cm³/mol. The topological polar surface area (TPSA) is 75.3 Å². The van der Waals surface area contributed by atoms with Gasteiger partial charge in [0.15, 0.2) is 4.34 Å². The zero-order valence-electron chi connectivity index (χ0n) is 12.3. The lowest BCUT2D eigenvalue weighted by Gasteiger charge is -2.36. The van der Waals surface area contributed by atoms with E-state index in [2.05, 4.69) is 10.2 Å². The maximum Gasteiger partial charge on any atom is 0.233 e. The molecule has 0 atom stereocenters. The first-order valence-electron chi connectivity index (χ1n) is 7.12. The smallest absolute Gasteiger partial charge is 0.233 e. The Balaban J connectivity index is 1.50. The lowest BCUT2D eigenvalue weighted by atomic mass is 10.2. The van der Waals surface area contributed by atoms with Crippen LogP contribution in [0.2, 0.25) is 0 Å². The molecule has 0 bridgehead atoms. The molecule has 1 aliphatic heterocycles. The molecular formula is C14H16FN5OS2. The van der Waals surface area contributed by atoms with Crippen molar-refractivity contribution < 1.29 is 9.18 Å². The van der Waals surface area contributed by atoms with E-state index in [0.717, 1.165) is 0 Å². The Hall–Kier alpha value is -1.87. The van der Waals surface area contributed by atoms with Gasteiger partial charge in [0.1, 0.15) is 5.82 Å². The normalized spacial score (nSPS) is 15.0. The molecule has 0 radical (unpaired) electrons. The largest absolute Gasteiger partial charge is 0.374 e. The molecule has 2 aromatic rings. The van der Waals surface area contributed by atoms with E-state index in [1.807, 2.05) is 11.0 Å². The molecular weight excluding hydrogens is 337 g/mol. The van der Waals surface area contributed by atoms with E-state index in [9.17, 15) is 9.18 Å². The number of thioether (sulfide) groups is 1. The van der Waals surface area contributed by atoms with Crippen LogP contribution in [0.15, 0.2) is 28.6 Å². The first kappa shape index (κ1) is 16.0. The summed E-state index contributed by atoms with van der Waals surface area (Å²) in [5.74, 6) is 0.141. The van der Waals surface area contributed by atoms with Gasteiger partial charge in [0, 0.05) is 26.2 Å². The van der Waals surface area contributed by atoms with Gasteiger partial charge in [-0.3, -0.25) is 4.79 Å². The summed E-state index contributed by atoms with van der Waals surface area (Å²) in [4.78, 5) is 16.0. The van der Waals surface area contributed by atoms with Gasteiger partial charge in [-0.25, -0.2) is 4.39 Å². The number of amides is 1. The zero-order valence-corrected chi connectivity index (χ0v) is 13.9. The van der Waals surface area contributed by atoms with Crippen LogP contribution in [0.3, 0.4) is 0 Å². The maximum atomic E-state index is 13.8. The molecule has 1 aliphatic rings. The van der Waals surface area contributed by atoms with Crippen molar-refractivity contribution in [3.8, 4) is 0 Å². The molecule has 1 aromatic carbocycles. The zero-order chi connectivity index (χ0) is 16.2. The van der Waals surface area contributed by atoms with Gasteiger partial charge in [-0.2, -0.15) is 0 Å². The molecule has 1 saturated heterocycles. The van der Waals surface area contributed by atoms with Gasteiger partial charge < -0.3 is 15.5 Å². The minimum absolute atomic E-state index is 0.0527. The average Bonchev–Trinajstić information content (AvgIpc) is 2.99. The monoisotopic (exact) mass is 353 g/mol. The van der Waals surface area contributed by atoms with Crippen LogP contribution >= 0.6 is 23.1 Å². The number of nitrogen functional groups attached to an aromatic ring is 1. The highest BCUT2D eigenvalue weighted by molar-refractivity contribution is 8.01. The summed E-state index contributed by atoms with van der Waals surface area (Å²) in [6.07, 6.45) is 0. The van der Waals surface area contributed by atoms with Crippen molar-refractivity contribution in [2.45, 2.75) is 4.34 Å². The Bertz CT molecular complexity index is 687. The Morgan fingerprint density at radius 1 is 1.26 bits per heavy atom. The van der Waals surface area contributed by atoms with Crippen LogP contribution in [0.4, 0.5) is 15.2 Å². The van der Waals surface area contributed by atoms with Crippen LogP contribution in [0.25, 0.3) is 0 Å². The molecule has 0 spiro atoms. The quantitative estimate of drug-likeness (QED) is 0.843. The number of aromatic nitrogens is 2. The van der Waals surface area contributed by atoms with Gasteiger partial charge in [-0.05, 0) is 12.1 Å². The maximum absolute atomic E-state index is 13.8. The number of rotatable bonds is 4. The number of anilines is 2. The molecule has 0 unspecified atom stereocenters. The van der Waals surface area contributed by atoms with Crippen molar-refractivity contribution >= 4 is 39.8 Å². The third kappa shape index (κ3) is 3.91. The van der Waals surface area contributed by atoms with Crippen molar-refractivity contribution in [1.82, 2.24) is 15.1 Å². The summed E-state index contributed by atoms with van der Waals surface area (Å²) in [6, 6.07) is 6.72. The second-order valence-corrected chi connectivity index (χ2v) is 7.25. The average molecular weight is 353 g/mol. The van der Waals surface area contributed by atoms with E-state index < -0.39 is 0 Å². The van der Waals surface area contributed by atoms with Gasteiger partial charge in [0.2, 0.25) is 11.0 Å². The number of carbonyl (C=O) groups excluding carboxylic acids is 1. The molecule has 1 fully saturated rings. The summed E-state index contributed by atoms with van der Waals surface area (Å²) < 4.78 is 14.5. The highest BCUT2D eigenvalue weighted by Crippen LogP contribution is 2.24. The minimum Gasteiger partial charge on any atom is -0.374 e. The fourth-order valence-corrected chi connectivity index (χ4v) is 3.94. The molecule has 0 saturated carbocycles. The number of benzene rings is 1. The SMILES string of the molecule is Nc1nnc(SCC(=O)N2CCN(c3ccccc3F)CC2)s1. The van der Waals surface area contributed by atoms with E-state index in [1.165, 1.54) is 29.2 Å². The summed E-state index contributed by atoms with van der Waals surface area (Å²) in [7, 11) is 0. The standard InChI is InChI=1S/C14H16FN5OS2/c15-10-3-1-2-4-11(10)19-5-7-20(8-6-19)12(21)9-22-14-18-17-13(16)23-14/h1-4H,5-9H2,(H2,16,17). The predicted octanol–water partition coefficient (Wildman–Crippen LogP) is 1.70. The molecule has 1 amide bonds. The van der Waals surface area contributed by atoms with Gasteiger partial charge in [0.05, 0.1) is 11.4 Å². The van der Waals surface area contributed by atoms with E-state index in [1.54, 1.807) is 17.0 Å². The second kappa shape index (κ2) is 7.14. The van der Waals surface area contributed by atoms with Crippen molar-refractivity contribution in [3.05, 3.63) is 30.1 Å². The van der Waals surface area contributed by atoms with E-state index >= 15 is 0 Å². The van der Waals surface area contributed by atoms with Crippen LogP contribution in [0, 0.1) is 5.82 Å². The molecule has 23 heavy (non-hydrogen) atoms. The molecule has 2 N–H and O–H groups in total. The highest BCUT2D eigenvalue weighted by atomic mass is 32.2. The summed E-state index contributed by atoms with van der Waals surface area (Å²) in [5.41, 5.74) is 6.11. The van der Waals surface area contributed by atoms with Crippen molar-refractivity contribution in [2.75, 3.05) is 42.6 Å². The van der Waals surface area contributed by atoms with Crippen molar-refractivity contribution in [3.63, 3.8) is 0 Å². The first-order valence-corrected chi connectivity index (χ1v) is 8.93. The Morgan fingerprint density at radius 2 is 2.00 bits per heavy atom. The van der Waals surface area contributed by atoms with E-state index in [4.69, 9.17) is 5.73 Å². The first-order chi connectivity index (χ1) is 11.1. The second-order valence-electron chi connectivity index (χ2n) is 5.01. The van der Waals surface area contributed by atoms with Crippen LogP contribution in [0.5, 0.6) is 0 Å². The van der Waals surface area contributed by atoms with Crippen LogP contribution < -0.4 is 10.6 Å². The lowest BCUT2D eigenvalue weighted by Crippen LogP contribution is -2.49. The van der Waals surface area contributed by atoms with E-state index in [-0.39, 0.29) is 11.7 Å². The van der Waals surface area contributed by atoms with E-state index in [0.29, 0.717) is 47.1 Å². The molecule has 3 rings (SSSR count). The fraction of sp³-hybridized carbons (Fsp3) is 0.357. The Kier molecular flexibility index (Phi) is 4.97. The number of carbonyl (C=O) groups is 1. The molecule has 122 valence electrons. The number of hydrogen-bond donors (Lipinski definition) is 1. The molecule has 9 heteroatoms. The summed E-state index contributed by atoms with van der Waals surface area (Å²) in [6.45, 7) is 2.43. The highest BCUT2D eigenvalue weighted by Gasteiger charge is 2.22.